The van der Waals surface area contributed by atoms with Crippen molar-refractivity contribution in [2.75, 3.05) is 22.1 Å². The van der Waals surface area contributed by atoms with Gasteiger partial charge in [0.2, 0.25) is 5.91 Å². The second-order valence-corrected chi connectivity index (χ2v) is 7.69. The van der Waals surface area contributed by atoms with Crippen LogP contribution in [0.5, 0.6) is 0 Å². The molecule has 0 atom stereocenters. The van der Waals surface area contributed by atoms with Gasteiger partial charge < -0.3 is 15.5 Å². The molecule has 0 saturated heterocycles. The van der Waals surface area contributed by atoms with Crippen LogP contribution >= 0.6 is 0 Å². The van der Waals surface area contributed by atoms with Gasteiger partial charge >= 0.3 is 6.03 Å². The lowest BCUT2D eigenvalue weighted by Gasteiger charge is -2.26. The summed E-state index contributed by atoms with van der Waals surface area (Å²) < 4.78 is 0. The van der Waals surface area contributed by atoms with Crippen LogP contribution in [0.25, 0.3) is 0 Å². The normalized spacial score (nSPS) is 13.3. The Morgan fingerprint density at radius 3 is 2.46 bits per heavy atom. The Morgan fingerprint density at radius 1 is 1.04 bits per heavy atom. The molecule has 1 heterocycles. The van der Waals surface area contributed by atoms with E-state index in [1.54, 1.807) is 0 Å². The molecule has 0 bridgehead atoms. The van der Waals surface area contributed by atoms with Crippen LogP contribution in [0.15, 0.2) is 42.5 Å². The highest BCUT2D eigenvalue weighted by Crippen LogP contribution is 2.34. The molecular weight excluding hydrogens is 326 g/mol. The predicted molar refractivity (Wildman–Crippen MR) is 106 cm³/mol. The van der Waals surface area contributed by atoms with Crippen LogP contribution in [0.1, 0.15) is 31.9 Å². The summed E-state index contributed by atoms with van der Waals surface area (Å²) in [7, 11) is 0. The van der Waals surface area contributed by atoms with Crippen LogP contribution in [0, 0.1) is 12.3 Å². The predicted octanol–water partition coefficient (Wildman–Crippen LogP) is 4.57. The van der Waals surface area contributed by atoms with Crippen LogP contribution in [-0.4, -0.2) is 18.5 Å². The molecule has 2 aromatic rings. The minimum Gasteiger partial charge on any atom is -0.311 e. The summed E-state index contributed by atoms with van der Waals surface area (Å²) in [6.45, 7) is 8.40. The van der Waals surface area contributed by atoms with Crippen molar-refractivity contribution in [3.63, 3.8) is 0 Å². The van der Waals surface area contributed by atoms with Crippen molar-refractivity contribution < 1.29 is 9.59 Å². The number of nitrogens with zero attached hydrogens (tertiary/aromatic N) is 1. The Morgan fingerprint density at radius 2 is 1.77 bits per heavy atom. The van der Waals surface area contributed by atoms with E-state index in [4.69, 9.17) is 0 Å². The standard InChI is InChI=1S/C21H25N3O2/c1-14-7-5-6-8-17(14)23-20(26)22-16-10-9-15-11-12-24(18(15)13-16)19(25)21(2,3)4/h5-10,13H,11-12H2,1-4H3,(H2,22,23,26). The number of rotatable bonds is 2. The average molecular weight is 351 g/mol. The summed E-state index contributed by atoms with van der Waals surface area (Å²) in [6, 6.07) is 13.1. The van der Waals surface area contributed by atoms with Crippen LogP contribution < -0.4 is 15.5 Å². The van der Waals surface area contributed by atoms with Gasteiger partial charge in [-0.1, -0.05) is 45.0 Å². The van der Waals surface area contributed by atoms with Crippen LogP contribution in [0.3, 0.4) is 0 Å². The number of para-hydroxylation sites is 1. The Bertz CT molecular complexity index is 853. The Hall–Kier alpha value is -2.82. The molecular formula is C21H25N3O2. The lowest BCUT2D eigenvalue weighted by Crippen LogP contribution is -2.38. The monoisotopic (exact) mass is 351 g/mol. The largest absolute Gasteiger partial charge is 0.323 e. The second kappa shape index (κ2) is 6.83. The molecule has 3 amide bonds. The lowest BCUT2D eigenvalue weighted by atomic mass is 9.94. The van der Waals surface area contributed by atoms with Crippen molar-refractivity contribution >= 4 is 29.0 Å². The number of hydrogen-bond acceptors (Lipinski definition) is 2. The maximum atomic E-state index is 12.7. The fourth-order valence-electron chi connectivity index (χ4n) is 3.07. The summed E-state index contributed by atoms with van der Waals surface area (Å²) in [6.07, 6.45) is 0.840. The summed E-state index contributed by atoms with van der Waals surface area (Å²) >= 11 is 0. The smallest absolute Gasteiger partial charge is 0.311 e. The highest BCUT2D eigenvalue weighted by Gasteiger charge is 2.32. The third-order valence-electron chi connectivity index (χ3n) is 4.52. The first-order chi connectivity index (χ1) is 12.3. The van der Waals surface area contributed by atoms with Crippen LogP contribution in [0.4, 0.5) is 21.9 Å². The number of aryl methyl sites for hydroxylation is 1. The molecule has 136 valence electrons. The van der Waals surface area contributed by atoms with Crippen molar-refractivity contribution in [2.45, 2.75) is 34.1 Å². The van der Waals surface area contributed by atoms with E-state index in [0.29, 0.717) is 12.2 Å². The van der Waals surface area contributed by atoms with Gasteiger partial charge in [0.15, 0.2) is 0 Å². The van der Waals surface area contributed by atoms with E-state index in [-0.39, 0.29) is 11.9 Å². The minimum absolute atomic E-state index is 0.0951. The van der Waals surface area contributed by atoms with E-state index in [1.807, 2.05) is 75.1 Å². The number of urea groups is 1. The van der Waals surface area contributed by atoms with E-state index in [2.05, 4.69) is 10.6 Å². The van der Waals surface area contributed by atoms with E-state index in [9.17, 15) is 9.59 Å². The van der Waals surface area contributed by atoms with Gasteiger partial charge in [-0.05, 0) is 42.7 Å². The molecule has 0 aliphatic carbocycles. The first-order valence-electron chi connectivity index (χ1n) is 8.84. The zero-order chi connectivity index (χ0) is 18.9. The number of nitrogens with one attached hydrogen (secondary N) is 2. The van der Waals surface area contributed by atoms with Gasteiger partial charge in [0, 0.05) is 29.0 Å². The summed E-state index contributed by atoms with van der Waals surface area (Å²) in [4.78, 5) is 26.8. The van der Waals surface area contributed by atoms with Gasteiger partial charge in [-0.2, -0.15) is 0 Å². The highest BCUT2D eigenvalue weighted by molar-refractivity contribution is 6.02. The number of anilines is 3. The van der Waals surface area contributed by atoms with Gasteiger partial charge in [-0.3, -0.25) is 4.79 Å². The van der Waals surface area contributed by atoms with Crippen molar-refractivity contribution in [1.29, 1.82) is 0 Å². The van der Waals surface area contributed by atoms with Gasteiger partial charge in [0.05, 0.1) is 0 Å². The average Bonchev–Trinajstić information content (AvgIpc) is 2.98. The fourth-order valence-corrected chi connectivity index (χ4v) is 3.07. The molecule has 0 radical (unpaired) electrons. The number of amides is 3. The number of carbonyl (C=O) groups is 2. The van der Waals surface area contributed by atoms with E-state index >= 15 is 0 Å². The first-order valence-corrected chi connectivity index (χ1v) is 8.84. The highest BCUT2D eigenvalue weighted by atomic mass is 16.2. The second-order valence-electron chi connectivity index (χ2n) is 7.69. The van der Waals surface area contributed by atoms with Gasteiger partial charge in [0.1, 0.15) is 0 Å². The summed E-state index contributed by atoms with van der Waals surface area (Å²) in [5, 5.41) is 5.71. The quantitative estimate of drug-likeness (QED) is 0.832. The molecule has 2 N–H and O–H groups in total. The van der Waals surface area contributed by atoms with E-state index < -0.39 is 5.41 Å². The molecule has 0 fully saturated rings. The zero-order valence-electron chi connectivity index (χ0n) is 15.7. The van der Waals surface area contributed by atoms with E-state index in [0.717, 1.165) is 28.9 Å². The molecule has 5 nitrogen and oxygen atoms in total. The summed E-state index contributed by atoms with van der Waals surface area (Å²) in [5.74, 6) is 0.0951. The van der Waals surface area contributed by atoms with Crippen LogP contribution in [0.2, 0.25) is 0 Å². The number of benzene rings is 2. The van der Waals surface area contributed by atoms with Crippen molar-refractivity contribution in [2.24, 2.45) is 5.41 Å². The third-order valence-corrected chi connectivity index (χ3v) is 4.52. The Balaban J connectivity index is 1.76. The van der Waals surface area contributed by atoms with Crippen molar-refractivity contribution in [3.8, 4) is 0 Å². The topological polar surface area (TPSA) is 61.4 Å². The number of fused-ring (bicyclic) bond motifs is 1. The molecule has 0 saturated carbocycles. The molecule has 0 spiro atoms. The maximum absolute atomic E-state index is 12.7. The SMILES string of the molecule is Cc1ccccc1NC(=O)Nc1ccc2c(c1)N(C(=O)C(C)(C)C)CC2. The van der Waals surface area contributed by atoms with E-state index in [1.165, 1.54) is 0 Å². The Kier molecular flexibility index (Phi) is 4.72. The molecule has 1 aliphatic rings. The first kappa shape index (κ1) is 18.0. The number of hydrogen-bond donors (Lipinski definition) is 2. The molecule has 5 heteroatoms. The minimum atomic E-state index is -0.437. The molecule has 0 aromatic heterocycles. The van der Waals surface area contributed by atoms with Crippen molar-refractivity contribution in [1.82, 2.24) is 0 Å². The molecule has 0 unspecified atom stereocenters. The maximum Gasteiger partial charge on any atom is 0.323 e. The van der Waals surface area contributed by atoms with Gasteiger partial charge in [-0.15, -0.1) is 0 Å². The lowest BCUT2D eigenvalue weighted by molar-refractivity contribution is -0.125. The van der Waals surface area contributed by atoms with Gasteiger partial charge in [0.25, 0.3) is 0 Å². The Labute approximate surface area is 154 Å². The third kappa shape index (κ3) is 3.72. The van der Waals surface area contributed by atoms with Crippen molar-refractivity contribution in [3.05, 3.63) is 53.6 Å². The molecule has 1 aliphatic heterocycles. The number of carbonyl (C=O) groups excluding carboxylic acids is 2. The molecule has 2 aromatic carbocycles. The van der Waals surface area contributed by atoms with Gasteiger partial charge in [-0.25, -0.2) is 4.79 Å². The fraction of sp³-hybridized carbons (Fsp3) is 0.333. The summed E-state index contributed by atoms with van der Waals surface area (Å²) in [5.41, 5.74) is 4.02. The molecule has 3 rings (SSSR count). The van der Waals surface area contributed by atoms with Crippen LogP contribution in [-0.2, 0) is 11.2 Å². The zero-order valence-corrected chi connectivity index (χ0v) is 15.7. The molecule has 26 heavy (non-hydrogen) atoms.